The fraction of sp³-hybridized carbons (Fsp3) is 0.375. The summed E-state index contributed by atoms with van der Waals surface area (Å²) in [6.07, 6.45) is 0.945. The first-order chi connectivity index (χ1) is 10.6. The highest BCUT2D eigenvalue weighted by Crippen LogP contribution is 2.30. The number of hydrogen-bond donors (Lipinski definition) is 2. The van der Waals surface area contributed by atoms with Gasteiger partial charge < -0.3 is 10.4 Å². The summed E-state index contributed by atoms with van der Waals surface area (Å²) in [5, 5.41) is 15.1. The van der Waals surface area contributed by atoms with Gasteiger partial charge in [0.2, 0.25) is 5.91 Å². The molecule has 0 radical (unpaired) electrons. The van der Waals surface area contributed by atoms with Crippen molar-refractivity contribution in [3.63, 3.8) is 0 Å². The summed E-state index contributed by atoms with van der Waals surface area (Å²) in [5.41, 5.74) is 1.63. The molecule has 0 saturated carbocycles. The SMILES string of the molecule is CC(CCO)CNC(=O)Cc1csc(-c2ccccc2Cl)n1. The Morgan fingerprint density at radius 3 is 2.95 bits per heavy atom. The summed E-state index contributed by atoms with van der Waals surface area (Å²) in [6.45, 7) is 2.71. The summed E-state index contributed by atoms with van der Waals surface area (Å²) in [7, 11) is 0. The van der Waals surface area contributed by atoms with Crippen molar-refractivity contribution in [2.45, 2.75) is 19.8 Å². The molecule has 0 spiro atoms. The lowest BCUT2D eigenvalue weighted by Crippen LogP contribution is -2.30. The van der Waals surface area contributed by atoms with E-state index in [2.05, 4.69) is 10.3 Å². The van der Waals surface area contributed by atoms with Crippen LogP contribution in [0.2, 0.25) is 5.02 Å². The van der Waals surface area contributed by atoms with Crippen LogP contribution >= 0.6 is 22.9 Å². The number of nitrogens with one attached hydrogen (secondary N) is 1. The van der Waals surface area contributed by atoms with Crippen LogP contribution in [-0.4, -0.2) is 29.1 Å². The van der Waals surface area contributed by atoms with Crippen LogP contribution in [0.3, 0.4) is 0 Å². The quantitative estimate of drug-likeness (QED) is 0.815. The van der Waals surface area contributed by atoms with Crippen LogP contribution in [0.1, 0.15) is 19.0 Å². The van der Waals surface area contributed by atoms with Crippen molar-refractivity contribution in [1.29, 1.82) is 0 Å². The van der Waals surface area contributed by atoms with Gasteiger partial charge in [-0.3, -0.25) is 4.79 Å². The predicted molar refractivity (Wildman–Crippen MR) is 90.1 cm³/mol. The first-order valence-corrected chi connectivity index (χ1v) is 8.42. The van der Waals surface area contributed by atoms with Crippen LogP contribution in [0.25, 0.3) is 10.6 Å². The highest BCUT2D eigenvalue weighted by molar-refractivity contribution is 7.13. The van der Waals surface area contributed by atoms with E-state index in [1.54, 1.807) is 0 Å². The van der Waals surface area contributed by atoms with Gasteiger partial charge in [0.05, 0.1) is 17.1 Å². The van der Waals surface area contributed by atoms with Crippen molar-refractivity contribution in [3.8, 4) is 10.6 Å². The van der Waals surface area contributed by atoms with Gasteiger partial charge in [-0.25, -0.2) is 4.98 Å². The van der Waals surface area contributed by atoms with E-state index in [0.717, 1.165) is 16.3 Å². The molecule has 0 aliphatic rings. The molecule has 0 aliphatic heterocycles. The average Bonchev–Trinajstić information content (AvgIpc) is 2.94. The van der Waals surface area contributed by atoms with E-state index < -0.39 is 0 Å². The Morgan fingerprint density at radius 1 is 1.45 bits per heavy atom. The van der Waals surface area contributed by atoms with Crippen molar-refractivity contribution in [3.05, 3.63) is 40.4 Å². The molecule has 0 bridgehead atoms. The number of aromatic nitrogens is 1. The van der Waals surface area contributed by atoms with E-state index in [0.29, 0.717) is 18.0 Å². The number of benzene rings is 1. The van der Waals surface area contributed by atoms with Crippen molar-refractivity contribution in [2.24, 2.45) is 5.92 Å². The summed E-state index contributed by atoms with van der Waals surface area (Å²) in [6, 6.07) is 7.54. The Balaban J connectivity index is 1.92. The highest BCUT2D eigenvalue weighted by atomic mass is 35.5. The highest BCUT2D eigenvalue weighted by Gasteiger charge is 2.11. The molecule has 1 aromatic heterocycles. The molecule has 2 N–H and O–H groups in total. The van der Waals surface area contributed by atoms with E-state index in [9.17, 15) is 4.79 Å². The third kappa shape index (κ3) is 4.80. The number of nitrogens with zero attached hydrogens (tertiary/aromatic N) is 1. The predicted octanol–water partition coefficient (Wildman–Crippen LogP) is 3.14. The largest absolute Gasteiger partial charge is 0.396 e. The molecular weight excluding hydrogens is 320 g/mol. The number of halogens is 1. The molecule has 2 aromatic rings. The van der Waals surface area contributed by atoms with Crippen LogP contribution in [0.15, 0.2) is 29.6 Å². The number of thiazole rings is 1. The monoisotopic (exact) mass is 338 g/mol. The van der Waals surface area contributed by atoms with Gasteiger partial charge in [-0.1, -0.05) is 36.7 Å². The van der Waals surface area contributed by atoms with Crippen molar-refractivity contribution in [1.82, 2.24) is 10.3 Å². The number of aliphatic hydroxyl groups excluding tert-OH is 1. The van der Waals surface area contributed by atoms with Crippen LogP contribution in [0, 0.1) is 5.92 Å². The number of carbonyl (C=O) groups is 1. The maximum atomic E-state index is 11.9. The molecule has 0 aliphatic carbocycles. The second kappa shape index (κ2) is 8.27. The first kappa shape index (κ1) is 16.9. The van der Waals surface area contributed by atoms with Crippen LogP contribution in [0.5, 0.6) is 0 Å². The van der Waals surface area contributed by atoms with Crippen LogP contribution in [0.4, 0.5) is 0 Å². The van der Waals surface area contributed by atoms with Gasteiger partial charge in [-0.15, -0.1) is 11.3 Å². The van der Waals surface area contributed by atoms with E-state index in [4.69, 9.17) is 16.7 Å². The van der Waals surface area contributed by atoms with Gasteiger partial charge in [0.25, 0.3) is 0 Å². The minimum Gasteiger partial charge on any atom is -0.396 e. The van der Waals surface area contributed by atoms with Gasteiger partial charge in [-0.05, 0) is 18.4 Å². The number of aliphatic hydroxyl groups is 1. The molecule has 22 heavy (non-hydrogen) atoms. The Morgan fingerprint density at radius 2 is 2.23 bits per heavy atom. The molecule has 1 amide bonds. The van der Waals surface area contributed by atoms with E-state index in [1.165, 1.54) is 11.3 Å². The summed E-state index contributed by atoms with van der Waals surface area (Å²) < 4.78 is 0. The number of rotatable bonds is 7. The number of hydrogen-bond acceptors (Lipinski definition) is 4. The molecule has 1 unspecified atom stereocenters. The maximum absolute atomic E-state index is 11.9. The van der Waals surface area contributed by atoms with Crippen LogP contribution < -0.4 is 5.32 Å². The van der Waals surface area contributed by atoms with E-state index in [1.807, 2.05) is 36.6 Å². The van der Waals surface area contributed by atoms with E-state index >= 15 is 0 Å². The summed E-state index contributed by atoms with van der Waals surface area (Å²) >= 11 is 7.64. The minimum atomic E-state index is -0.0548. The normalized spacial score (nSPS) is 12.1. The van der Waals surface area contributed by atoms with Crippen molar-refractivity contribution in [2.75, 3.05) is 13.2 Å². The third-order valence-corrected chi connectivity index (χ3v) is 4.52. The first-order valence-electron chi connectivity index (χ1n) is 7.17. The molecule has 2 rings (SSSR count). The lowest BCUT2D eigenvalue weighted by molar-refractivity contribution is -0.120. The zero-order chi connectivity index (χ0) is 15.9. The van der Waals surface area contributed by atoms with Gasteiger partial charge in [-0.2, -0.15) is 0 Å². The zero-order valence-electron chi connectivity index (χ0n) is 12.4. The Bertz CT molecular complexity index is 630. The average molecular weight is 339 g/mol. The molecule has 118 valence electrons. The lowest BCUT2D eigenvalue weighted by Gasteiger charge is -2.10. The molecule has 4 nitrogen and oxygen atoms in total. The standard InChI is InChI=1S/C16H19ClN2O2S/c1-11(6-7-20)9-18-15(21)8-12-10-22-16(19-12)13-4-2-3-5-14(13)17/h2-5,10-11,20H,6-9H2,1H3,(H,18,21). The number of amides is 1. The van der Waals surface area contributed by atoms with Gasteiger partial charge >= 0.3 is 0 Å². The summed E-state index contributed by atoms with van der Waals surface area (Å²) in [4.78, 5) is 16.4. The molecule has 1 aromatic carbocycles. The molecule has 0 saturated heterocycles. The Kier molecular flexibility index (Phi) is 6.36. The Hall–Kier alpha value is -1.43. The topological polar surface area (TPSA) is 62.2 Å². The molecular formula is C16H19ClN2O2S. The third-order valence-electron chi connectivity index (χ3n) is 3.27. The maximum Gasteiger partial charge on any atom is 0.226 e. The molecule has 6 heteroatoms. The fourth-order valence-corrected chi connectivity index (χ4v) is 3.12. The van der Waals surface area contributed by atoms with Gasteiger partial charge in [0.1, 0.15) is 5.01 Å². The smallest absolute Gasteiger partial charge is 0.226 e. The van der Waals surface area contributed by atoms with Gasteiger partial charge in [0, 0.05) is 24.1 Å². The fourth-order valence-electron chi connectivity index (χ4n) is 1.98. The molecule has 1 heterocycles. The van der Waals surface area contributed by atoms with Crippen molar-refractivity contribution >= 4 is 28.8 Å². The molecule has 0 fully saturated rings. The second-order valence-electron chi connectivity index (χ2n) is 5.22. The van der Waals surface area contributed by atoms with Gasteiger partial charge in [0.15, 0.2) is 0 Å². The number of carbonyl (C=O) groups excluding carboxylic acids is 1. The van der Waals surface area contributed by atoms with E-state index in [-0.39, 0.29) is 24.9 Å². The molecule has 1 atom stereocenters. The van der Waals surface area contributed by atoms with Crippen molar-refractivity contribution < 1.29 is 9.90 Å². The minimum absolute atomic E-state index is 0.0548. The zero-order valence-corrected chi connectivity index (χ0v) is 14.0. The Labute approximate surface area is 139 Å². The summed E-state index contributed by atoms with van der Waals surface area (Å²) in [5.74, 6) is 0.212. The van der Waals surface area contributed by atoms with Crippen LogP contribution in [-0.2, 0) is 11.2 Å². The second-order valence-corrected chi connectivity index (χ2v) is 6.49. The lowest BCUT2D eigenvalue weighted by atomic mass is 10.1.